The molecule has 2 atom stereocenters. The van der Waals surface area contributed by atoms with Crippen LogP contribution in [0.25, 0.3) is 11.0 Å². The molecular weight excluding hydrogens is 239 g/mol. The molecule has 17 heavy (non-hydrogen) atoms. The minimum Gasteiger partial charge on any atom is -0.455 e. The maximum absolute atomic E-state index is 13.5. The monoisotopic (exact) mass is 252 g/mol. The SMILES string of the molecule is CC1SCCC1(O)c1cc2cccc(F)c2o1. The number of para-hydroxylation sites is 1. The first kappa shape index (κ1) is 11.1. The fraction of sp³-hybridized carbons (Fsp3) is 0.385. The van der Waals surface area contributed by atoms with Gasteiger partial charge in [0.1, 0.15) is 11.4 Å². The molecule has 2 heterocycles. The van der Waals surface area contributed by atoms with Crippen molar-refractivity contribution in [1.29, 1.82) is 0 Å². The maximum Gasteiger partial charge on any atom is 0.170 e. The van der Waals surface area contributed by atoms with E-state index in [-0.39, 0.29) is 16.7 Å². The van der Waals surface area contributed by atoms with Crippen molar-refractivity contribution in [2.45, 2.75) is 24.2 Å². The summed E-state index contributed by atoms with van der Waals surface area (Å²) >= 11 is 1.71. The summed E-state index contributed by atoms with van der Waals surface area (Å²) in [6.45, 7) is 1.97. The van der Waals surface area contributed by atoms with E-state index < -0.39 is 5.60 Å². The number of hydrogen-bond donors (Lipinski definition) is 1. The summed E-state index contributed by atoms with van der Waals surface area (Å²) in [6, 6.07) is 6.56. The van der Waals surface area contributed by atoms with Gasteiger partial charge in [-0.3, -0.25) is 0 Å². The Balaban J connectivity index is 2.15. The molecule has 2 unspecified atom stereocenters. The van der Waals surface area contributed by atoms with E-state index in [0.717, 1.165) is 5.75 Å². The molecule has 0 amide bonds. The molecule has 1 aliphatic rings. The summed E-state index contributed by atoms with van der Waals surface area (Å²) in [4.78, 5) is 0. The molecule has 1 aliphatic heterocycles. The molecule has 0 bridgehead atoms. The van der Waals surface area contributed by atoms with Crippen LogP contribution in [-0.2, 0) is 5.60 Å². The highest BCUT2D eigenvalue weighted by Gasteiger charge is 2.43. The van der Waals surface area contributed by atoms with Gasteiger partial charge < -0.3 is 9.52 Å². The Morgan fingerprint density at radius 3 is 3.00 bits per heavy atom. The van der Waals surface area contributed by atoms with Crippen molar-refractivity contribution in [1.82, 2.24) is 0 Å². The van der Waals surface area contributed by atoms with Crippen LogP contribution >= 0.6 is 11.8 Å². The van der Waals surface area contributed by atoms with Gasteiger partial charge in [-0.15, -0.1) is 0 Å². The van der Waals surface area contributed by atoms with Crippen molar-refractivity contribution in [2.24, 2.45) is 0 Å². The highest BCUT2D eigenvalue weighted by Crippen LogP contribution is 2.44. The van der Waals surface area contributed by atoms with E-state index in [1.807, 2.05) is 6.92 Å². The molecule has 1 saturated heterocycles. The van der Waals surface area contributed by atoms with Crippen LogP contribution in [0, 0.1) is 5.82 Å². The minimum atomic E-state index is -0.962. The van der Waals surface area contributed by atoms with Gasteiger partial charge in [0.15, 0.2) is 11.4 Å². The average molecular weight is 252 g/mol. The lowest BCUT2D eigenvalue weighted by atomic mass is 9.94. The van der Waals surface area contributed by atoms with E-state index in [1.54, 1.807) is 30.0 Å². The van der Waals surface area contributed by atoms with Crippen LogP contribution in [0.4, 0.5) is 4.39 Å². The number of rotatable bonds is 1. The van der Waals surface area contributed by atoms with Crippen molar-refractivity contribution in [2.75, 3.05) is 5.75 Å². The summed E-state index contributed by atoms with van der Waals surface area (Å²) in [6.07, 6.45) is 0.653. The van der Waals surface area contributed by atoms with Gasteiger partial charge in [0.05, 0.1) is 0 Å². The molecule has 1 fully saturated rings. The number of hydrogen-bond acceptors (Lipinski definition) is 3. The molecule has 1 aromatic heterocycles. The molecule has 1 aromatic carbocycles. The van der Waals surface area contributed by atoms with E-state index in [2.05, 4.69) is 0 Å². The molecule has 0 aliphatic carbocycles. The number of benzene rings is 1. The van der Waals surface area contributed by atoms with Crippen molar-refractivity contribution in [3.8, 4) is 0 Å². The molecular formula is C13H13FO2S. The van der Waals surface area contributed by atoms with Gasteiger partial charge in [0.25, 0.3) is 0 Å². The third-order valence-corrected chi connectivity index (χ3v) is 4.78. The van der Waals surface area contributed by atoms with Crippen LogP contribution in [0.3, 0.4) is 0 Å². The Hall–Kier alpha value is -1.00. The fourth-order valence-corrected chi connectivity index (χ4v) is 3.59. The van der Waals surface area contributed by atoms with Gasteiger partial charge in [-0.2, -0.15) is 11.8 Å². The predicted molar refractivity (Wildman–Crippen MR) is 66.6 cm³/mol. The number of halogens is 1. The third kappa shape index (κ3) is 1.58. The van der Waals surface area contributed by atoms with Crippen LogP contribution in [-0.4, -0.2) is 16.1 Å². The first-order valence-electron chi connectivity index (χ1n) is 5.64. The zero-order valence-electron chi connectivity index (χ0n) is 9.44. The average Bonchev–Trinajstić information content (AvgIpc) is 2.86. The van der Waals surface area contributed by atoms with E-state index >= 15 is 0 Å². The van der Waals surface area contributed by atoms with Gasteiger partial charge in [-0.05, 0) is 24.3 Å². The first-order valence-corrected chi connectivity index (χ1v) is 6.68. The number of furan rings is 1. The van der Waals surface area contributed by atoms with Crippen molar-refractivity contribution >= 4 is 22.7 Å². The lowest BCUT2D eigenvalue weighted by molar-refractivity contribution is 0.0218. The summed E-state index contributed by atoms with van der Waals surface area (Å²) in [5, 5.41) is 11.4. The number of thioether (sulfide) groups is 1. The van der Waals surface area contributed by atoms with Crippen LogP contribution in [0.15, 0.2) is 28.7 Å². The standard InChI is InChI=1S/C13H13FO2S/c1-8-13(15,5-6-17-8)11-7-9-3-2-4-10(14)12(9)16-11/h2-4,7-8,15H,5-6H2,1H3. The Bertz CT molecular complexity index is 566. The van der Waals surface area contributed by atoms with Crippen molar-refractivity contribution < 1.29 is 13.9 Å². The Morgan fingerprint density at radius 2 is 2.35 bits per heavy atom. The summed E-state index contributed by atoms with van der Waals surface area (Å²) in [5.74, 6) is 1.00. The summed E-state index contributed by atoms with van der Waals surface area (Å²) < 4.78 is 19.0. The third-order valence-electron chi connectivity index (χ3n) is 3.45. The second-order valence-electron chi connectivity index (χ2n) is 4.46. The summed E-state index contributed by atoms with van der Waals surface area (Å²) in [5.41, 5.74) is -0.726. The zero-order valence-corrected chi connectivity index (χ0v) is 10.3. The molecule has 90 valence electrons. The molecule has 2 aromatic rings. The van der Waals surface area contributed by atoms with Gasteiger partial charge in [0, 0.05) is 10.6 Å². The molecule has 2 nitrogen and oxygen atoms in total. The smallest absolute Gasteiger partial charge is 0.170 e. The molecule has 1 N–H and O–H groups in total. The molecule has 3 rings (SSSR count). The molecule has 0 spiro atoms. The van der Waals surface area contributed by atoms with E-state index in [1.165, 1.54) is 6.07 Å². The van der Waals surface area contributed by atoms with Crippen LogP contribution in [0.5, 0.6) is 0 Å². The number of aliphatic hydroxyl groups is 1. The van der Waals surface area contributed by atoms with Crippen LogP contribution in [0.1, 0.15) is 19.1 Å². The first-order chi connectivity index (χ1) is 8.11. The lowest BCUT2D eigenvalue weighted by Crippen LogP contribution is -2.30. The topological polar surface area (TPSA) is 33.4 Å². The highest BCUT2D eigenvalue weighted by molar-refractivity contribution is 8.00. The van der Waals surface area contributed by atoms with E-state index in [9.17, 15) is 9.50 Å². The number of fused-ring (bicyclic) bond motifs is 1. The Kier molecular flexibility index (Phi) is 2.45. The normalized spacial score (nSPS) is 29.0. The maximum atomic E-state index is 13.5. The van der Waals surface area contributed by atoms with Gasteiger partial charge in [-0.25, -0.2) is 4.39 Å². The quantitative estimate of drug-likeness (QED) is 0.845. The fourth-order valence-electron chi connectivity index (χ4n) is 2.30. The summed E-state index contributed by atoms with van der Waals surface area (Å²) in [7, 11) is 0. The van der Waals surface area contributed by atoms with Crippen LogP contribution < -0.4 is 0 Å². The van der Waals surface area contributed by atoms with Crippen molar-refractivity contribution in [3.63, 3.8) is 0 Å². The van der Waals surface area contributed by atoms with Gasteiger partial charge in [-0.1, -0.05) is 19.1 Å². The second-order valence-corrected chi connectivity index (χ2v) is 5.90. The van der Waals surface area contributed by atoms with E-state index in [0.29, 0.717) is 17.6 Å². The van der Waals surface area contributed by atoms with Crippen LogP contribution in [0.2, 0.25) is 0 Å². The van der Waals surface area contributed by atoms with Gasteiger partial charge in [0.2, 0.25) is 0 Å². The van der Waals surface area contributed by atoms with Gasteiger partial charge >= 0.3 is 0 Å². The zero-order chi connectivity index (χ0) is 12.0. The van der Waals surface area contributed by atoms with Crippen molar-refractivity contribution in [3.05, 3.63) is 35.8 Å². The minimum absolute atomic E-state index is 0.0751. The lowest BCUT2D eigenvalue weighted by Gasteiger charge is -2.23. The molecule has 4 heteroatoms. The predicted octanol–water partition coefficient (Wildman–Crippen LogP) is 3.28. The largest absolute Gasteiger partial charge is 0.455 e. The second kappa shape index (κ2) is 3.75. The molecule has 0 radical (unpaired) electrons. The van der Waals surface area contributed by atoms with E-state index in [4.69, 9.17) is 4.42 Å². The Labute approximate surface area is 103 Å². The highest BCUT2D eigenvalue weighted by atomic mass is 32.2. The Morgan fingerprint density at radius 1 is 1.53 bits per heavy atom. The molecule has 0 saturated carbocycles.